The van der Waals surface area contributed by atoms with Crippen LogP contribution in [0.3, 0.4) is 0 Å². The number of para-hydroxylation sites is 3. The van der Waals surface area contributed by atoms with Crippen LogP contribution in [-0.4, -0.2) is 12.6 Å². The van der Waals surface area contributed by atoms with Gasteiger partial charge in [-0.2, -0.15) is 0 Å². The highest BCUT2D eigenvalue weighted by Gasteiger charge is 2.48. The van der Waals surface area contributed by atoms with Gasteiger partial charge in [0.1, 0.15) is 5.75 Å². The summed E-state index contributed by atoms with van der Waals surface area (Å²) in [4.78, 5) is 0. The highest BCUT2D eigenvalue weighted by molar-refractivity contribution is 7.20. The van der Waals surface area contributed by atoms with Crippen molar-refractivity contribution >= 4 is 50.6 Å². The molecule has 0 unspecified atom stereocenters. The predicted molar refractivity (Wildman–Crippen MR) is 164 cm³/mol. The Bertz CT molecular complexity index is 1940. The number of nitrogens with zero attached hydrogens (tertiary/aromatic N) is 1. The van der Waals surface area contributed by atoms with E-state index in [2.05, 4.69) is 156 Å². The summed E-state index contributed by atoms with van der Waals surface area (Å²) in [7, 11) is -2.70. The Morgan fingerprint density at radius 2 is 1.05 bits per heavy atom. The zero-order valence-corrected chi connectivity index (χ0v) is 22.3. The van der Waals surface area contributed by atoms with Crippen LogP contribution < -0.4 is 25.5 Å². The van der Waals surface area contributed by atoms with Crippen molar-refractivity contribution in [3.8, 4) is 17.2 Å². The molecule has 0 spiro atoms. The fourth-order valence-corrected chi connectivity index (χ4v) is 11.5. The van der Waals surface area contributed by atoms with Gasteiger partial charge in [-0.1, -0.05) is 127 Å². The Kier molecular flexibility index (Phi) is 4.88. The fraction of sp³-hybridized carbons (Fsp3) is 0. The first kappa shape index (κ1) is 22.2. The van der Waals surface area contributed by atoms with Crippen LogP contribution in [0, 0.1) is 0 Å². The minimum Gasteiger partial charge on any atom is -0.455 e. The normalized spacial score (nSPS) is 13.5. The van der Waals surface area contributed by atoms with E-state index in [4.69, 9.17) is 4.74 Å². The summed E-state index contributed by atoms with van der Waals surface area (Å²) in [5.74, 6) is 1.91. The quantitative estimate of drug-likeness (QED) is 0.253. The number of benzene rings is 6. The van der Waals surface area contributed by atoms with Crippen LogP contribution >= 0.6 is 0 Å². The molecule has 0 radical (unpaired) electrons. The Balaban J connectivity index is 1.60. The second-order valence-corrected chi connectivity index (χ2v) is 13.8. The highest BCUT2D eigenvalue weighted by Crippen LogP contribution is 2.40. The lowest BCUT2D eigenvalue weighted by atomic mass is 10.1. The lowest BCUT2D eigenvalue weighted by Gasteiger charge is -2.39. The summed E-state index contributed by atoms with van der Waals surface area (Å²) in [5.41, 5.74) is 3.44. The first-order valence-electron chi connectivity index (χ1n) is 13.4. The van der Waals surface area contributed by atoms with Crippen molar-refractivity contribution in [3.05, 3.63) is 152 Å². The molecule has 0 N–H and O–H groups in total. The number of aromatic nitrogens is 1. The molecule has 39 heavy (non-hydrogen) atoms. The molecule has 2 nitrogen and oxygen atoms in total. The molecule has 184 valence electrons. The van der Waals surface area contributed by atoms with Gasteiger partial charge in [-0.25, -0.2) is 0 Å². The van der Waals surface area contributed by atoms with E-state index in [-0.39, 0.29) is 0 Å². The topological polar surface area (TPSA) is 14.2 Å². The molecule has 0 atom stereocenters. The minimum absolute atomic E-state index is 0.946. The van der Waals surface area contributed by atoms with Gasteiger partial charge in [0.05, 0.1) is 11.0 Å². The van der Waals surface area contributed by atoms with Gasteiger partial charge in [0, 0.05) is 16.5 Å². The maximum Gasteiger partial charge on any atom is 0.188 e. The van der Waals surface area contributed by atoms with E-state index in [1.54, 1.807) is 0 Å². The van der Waals surface area contributed by atoms with E-state index in [9.17, 15) is 0 Å². The molecule has 0 bridgehead atoms. The zero-order chi connectivity index (χ0) is 25.8. The third-order valence-corrected chi connectivity index (χ3v) is 12.9. The monoisotopic (exact) mass is 515 g/mol. The molecule has 2 heterocycles. The van der Waals surface area contributed by atoms with E-state index in [0.717, 1.165) is 22.7 Å². The smallest absolute Gasteiger partial charge is 0.188 e. The second kappa shape index (κ2) is 8.59. The van der Waals surface area contributed by atoms with Gasteiger partial charge < -0.3 is 9.30 Å². The van der Waals surface area contributed by atoms with E-state index in [0.29, 0.717) is 0 Å². The van der Waals surface area contributed by atoms with Gasteiger partial charge in [-0.15, -0.1) is 0 Å². The number of hydrogen-bond donors (Lipinski definition) is 0. The molecule has 1 aromatic heterocycles. The maximum absolute atomic E-state index is 6.99. The summed E-state index contributed by atoms with van der Waals surface area (Å²) in [6.07, 6.45) is 0. The summed E-state index contributed by atoms with van der Waals surface area (Å²) < 4.78 is 9.38. The second-order valence-electron chi connectivity index (χ2n) is 10.1. The number of rotatable bonds is 3. The van der Waals surface area contributed by atoms with Crippen LogP contribution in [0.2, 0.25) is 0 Å². The van der Waals surface area contributed by atoms with Gasteiger partial charge in [0.25, 0.3) is 0 Å². The fourth-order valence-electron chi connectivity index (χ4n) is 6.56. The van der Waals surface area contributed by atoms with Gasteiger partial charge >= 0.3 is 0 Å². The Morgan fingerprint density at radius 1 is 0.462 bits per heavy atom. The van der Waals surface area contributed by atoms with E-state index in [1.807, 2.05) is 0 Å². The van der Waals surface area contributed by atoms with Crippen molar-refractivity contribution in [3.63, 3.8) is 0 Å². The molecule has 0 fully saturated rings. The molecule has 0 saturated carbocycles. The number of ether oxygens (including phenoxy) is 1. The van der Waals surface area contributed by atoms with Crippen molar-refractivity contribution in [2.75, 3.05) is 0 Å². The Labute approximate surface area is 228 Å². The highest BCUT2D eigenvalue weighted by atomic mass is 28.3. The molecule has 1 aliphatic heterocycles. The average molecular weight is 516 g/mol. The largest absolute Gasteiger partial charge is 0.455 e. The van der Waals surface area contributed by atoms with Crippen LogP contribution in [0.1, 0.15) is 0 Å². The molecule has 0 aliphatic carbocycles. The molecule has 7 aromatic rings. The molecular weight excluding hydrogens is 490 g/mol. The summed E-state index contributed by atoms with van der Waals surface area (Å²) in [5, 5.41) is 7.72. The molecule has 3 heteroatoms. The van der Waals surface area contributed by atoms with E-state index >= 15 is 0 Å². The maximum atomic E-state index is 6.99. The standard InChI is InChI=1S/C36H25NOSi/c1-4-14-26(15-5-1)37-31-21-11-10-20-29(31)30-24-25-34-36(35(30)37)38-32-22-12-13-23-33(32)39(34,27-16-6-2-7-17-27)28-18-8-3-9-19-28/h1-25H. The Hall–Kier alpha value is -4.86. The zero-order valence-electron chi connectivity index (χ0n) is 21.3. The average Bonchev–Trinajstić information content (AvgIpc) is 3.36. The first-order valence-corrected chi connectivity index (χ1v) is 15.4. The third kappa shape index (κ3) is 3.08. The van der Waals surface area contributed by atoms with Gasteiger partial charge in [0.15, 0.2) is 13.8 Å². The van der Waals surface area contributed by atoms with E-state index in [1.165, 1.54) is 37.0 Å². The van der Waals surface area contributed by atoms with Crippen LogP contribution in [0.5, 0.6) is 11.5 Å². The van der Waals surface area contributed by atoms with Crippen LogP contribution in [0.25, 0.3) is 27.5 Å². The van der Waals surface area contributed by atoms with Gasteiger partial charge in [0.2, 0.25) is 0 Å². The van der Waals surface area contributed by atoms with E-state index < -0.39 is 8.07 Å². The van der Waals surface area contributed by atoms with Crippen molar-refractivity contribution in [2.24, 2.45) is 0 Å². The first-order chi connectivity index (χ1) is 19.4. The molecule has 8 rings (SSSR count). The van der Waals surface area contributed by atoms with Crippen LogP contribution in [-0.2, 0) is 0 Å². The summed E-state index contributed by atoms with van der Waals surface area (Å²) >= 11 is 0. The number of fused-ring (bicyclic) bond motifs is 6. The lowest BCUT2D eigenvalue weighted by molar-refractivity contribution is 0.491. The molecule has 1 aliphatic rings. The van der Waals surface area contributed by atoms with Gasteiger partial charge in [-0.3, -0.25) is 0 Å². The van der Waals surface area contributed by atoms with Crippen molar-refractivity contribution in [1.29, 1.82) is 0 Å². The summed E-state index contributed by atoms with van der Waals surface area (Å²) in [6.45, 7) is 0. The molecule has 0 amide bonds. The summed E-state index contributed by atoms with van der Waals surface area (Å²) in [6, 6.07) is 54.8. The van der Waals surface area contributed by atoms with Crippen molar-refractivity contribution in [1.82, 2.24) is 4.57 Å². The number of hydrogen-bond acceptors (Lipinski definition) is 1. The SMILES string of the molecule is c1ccc(-n2c3ccccc3c3ccc4c(c32)Oc2ccccc2[Si]4(c2ccccc2)c2ccccc2)cc1. The van der Waals surface area contributed by atoms with Crippen LogP contribution in [0.4, 0.5) is 0 Å². The van der Waals surface area contributed by atoms with Gasteiger partial charge in [-0.05, 0) is 45.0 Å². The molecular formula is C36H25NOSi. The third-order valence-electron chi connectivity index (χ3n) is 8.13. The lowest BCUT2D eigenvalue weighted by Crippen LogP contribution is -2.76. The Morgan fingerprint density at radius 3 is 1.77 bits per heavy atom. The minimum atomic E-state index is -2.70. The molecule has 0 saturated heterocycles. The van der Waals surface area contributed by atoms with Crippen molar-refractivity contribution in [2.45, 2.75) is 0 Å². The van der Waals surface area contributed by atoms with Crippen LogP contribution in [0.15, 0.2) is 152 Å². The van der Waals surface area contributed by atoms with Crippen molar-refractivity contribution < 1.29 is 4.74 Å². The predicted octanol–water partition coefficient (Wildman–Crippen LogP) is 6.27. The molecule has 6 aromatic carbocycles.